The highest BCUT2D eigenvalue weighted by atomic mass is 79.9. The lowest BCUT2D eigenvalue weighted by atomic mass is 10.5. The predicted octanol–water partition coefficient (Wildman–Crippen LogP) is 2.14. The van der Waals surface area contributed by atoms with Gasteiger partial charge in [-0.15, -0.1) is 0 Å². The Morgan fingerprint density at radius 2 is 2.28 bits per heavy atom. The zero-order chi connectivity index (χ0) is 13.0. The Morgan fingerprint density at radius 3 is 2.94 bits per heavy atom. The van der Waals surface area contributed by atoms with Crippen molar-refractivity contribution in [3.05, 3.63) is 10.8 Å². The third-order valence-electron chi connectivity index (χ3n) is 2.95. The summed E-state index contributed by atoms with van der Waals surface area (Å²) in [5.74, 6) is 1.38. The molecular formula is C12H19BrN4O. The van der Waals surface area contributed by atoms with Crippen molar-refractivity contribution in [1.82, 2.24) is 14.9 Å². The number of anilines is 1. The summed E-state index contributed by atoms with van der Waals surface area (Å²) in [6, 6.07) is 0.764. The van der Waals surface area contributed by atoms with E-state index < -0.39 is 0 Å². The Morgan fingerprint density at radius 1 is 1.50 bits per heavy atom. The van der Waals surface area contributed by atoms with Crippen molar-refractivity contribution in [1.29, 1.82) is 0 Å². The van der Waals surface area contributed by atoms with Gasteiger partial charge in [0.15, 0.2) is 0 Å². The second-order valence-electron chi connectivity index (χ2n) is 4.43. The van der Waals surface area contributed by atoms with Gasteiger partial charge in [-0.25, -0.2) is 9.97 Å². The summed E-state index contributed by atoms with van der Waals surface area (Å²) < 4.78 is 6.49. The Kier molecular flexibility index (Phi) is 4.77. The molecule has 0 radical (unpaired) electrons. The molecule has 1 saturated carbocycles. The smallest absolute Gasteiger partial charge is 0.233 e. The fraction of sp³-hybridized carbons (Fsp3) is 0.667. The number of aromatic nitrogens is 2. The maximum atomic E-state index is 5.69. The van der Waals surface area contributed by atoms with Crippen LogP contribution in [0.15, 0.2) is 10.8 Å². The van der Waals surface area contributed by atoms with Gasteiger partial charge in [-0.05, 0) is 42.7 Å². The van der Waals surface area contributed by atoms with E-state index in [2.05, 4.69) is 43.2 Å². The van der Waals surface area contributed by atoms with E-state index in [-0.39, 0.29) is 0 Å². The summed E-state index contributed by atoms with van der Waals surface area (Å²) in [6.07, 6.45) is 4.15. The van der Waals surface area contributed by atoms with Gasteiger partial charge >= 0.3 is 0 Å². The molecule has 1 aromatic heterocycles. The van der Waals surface area contributed by atoms with Crippen LogP contribution in [0, 0.1) is 0 Å². The van der Waals surface area contributed by atoms with Gasteiger partial charge in [-0.3, -0.25) is 0 Å². The quantitative estimate of drug-likeness (QED) is 0.835. The first-order chi connectivity index (χ1) is 8.72. The topological polar surface area (TPSA) is 50.3 Å². The predicted molar refractivity (Wildman–Crippen MR) is 75.0 cm³/mol. The lowest BCUT2D eigenvalue weighted by Gasteiger charge is -2.16. The number of likely N-dealkylation sites (N-methyl/N-ethyl adjacent to an activating group) is 1. The highest BCUT2D eigenvalue weighted by Gasteiger charge is 2.25. The lowest BCUT2D eigenvalue weighted by Crippen LogP contribution is -2.26. The maximum Gasteiger partial charge on any atom is 0.233 e. The van der Waals surface area contributed by atoms with Gasteiger partial charge in [0.05, 0.1) is 0 Å². The zero-order valence-electron chi connectivity index (χ0n) is 10.8. The number of halogens is 1. The number of nitrogens with one attached hydrogen (secondary N) is 1. The lowest BCUT2D eigenvalue weighted by molar-refractivity contribution is 0.225. The Balaban J connectivity index is 1.86. The minimum absolute atomic E-state index is 0.602. The fourth-order valence-electron chi connectivity index (χ4n) is 1.73. The van der Waals surface area contributed by atoms with Crippen molar-refractivity contribution >= 4 is 21.7 Å². The Hall–Kier alpha value is -0.880. The van der Waals surface area contributed by atoms with Gasteiger partial charge in [-0.2, -0.15) is 0 Å². The zero-order valence-corrected chi connectivity index (χ0v) is 12.4. The van der Waals surface area contributed by atoms with Crippen molar-refractivity contribution < 1.29 is 4.74 Å². The highest BCUT2D eigenvalue weighted by molar-refractivity contribution is 9.10. The first-order valence-electron chi connectivity index (χ1n) is 6.29. The van der Waals surface area contributed by atoms with E-state index in [1.807, 2.05) is 6.92 Å². The molecule has 1 aromatic rings. The molecule has 18 heavy (non-hydrogen) atoms. The molecule has 0 aromatic carbocycles. The first kappa shape index (κ1) is 13.5. The summed E-state index contributed by atoms with van der Waals surface area (Å²) >= 11 is 3.46. The number of rotatable bonds is 7. The first-order valence-corrected chi connectivity index (χ1v) is 7.09. The van der Waals surface area contributed by atoms with Gasteiger partial charge in [0, 0.05) is 19.1 Å². The van der Waals surface area contributed by atoms with Gasteiger partial charge in [0.1, 0.15) is 23.2 Å². The molecule has 1 fully saturated rings. The molecule has 1 N–H and O–H groups in total. The molecule has 0 aliphatic heterocycles. The molecule has 1 heterocycles. The van der Waals surface area contributed by atoms with Crippen LogP contribution in [0.25, 0.3) is 0 Å². The summed E-state index contributed by atoms with van der Waals surface area (Å²) in [5, 5.41) is 3.16. The molecule has 2 rings (SSSR count). The minimum Gasteiger partial charge on any atom is -0.475 e. The van der Waals surface area contributed by atoms with Crippen LogP contribution < -0.4 is 10.1 Å². The van der Waals surface area contributed by atoms with Crippen LogP contribution in [0.2, 0.25) is 0 Å². The minimum atomic E-state index is 0.602. The molecule has 0 spiro atoms. The van der Waals surface area contributed by atoms with Crippen molar-refractivity contribution in [3.8, 4) is 5.88 Å². The highest BCUT2D eigenvalue weighted by Crippen LogP contribution is 2.28. The molecular weight excluding hydrogens is 296 g/mol. The molecule has 1 aliphatic rings. The molecule has 6 heteroatoms. The number of hydrogen-bond acceptors (Lipinski definition) is 5. The van der Waals surface area contributed by atoms with Gasteiger partial charge in [-0.1, -0.05) is 0 Å². The van der Waals surface area contributed by atoms with Crippen LogP contribution in [0.1, 0.15) is 19.8 Å². The second kappa shape index (κ2) is 6.33. The summed E-state index contributed by atoms with van der Waals surface area (Å²) in [7, 11) is 2.14. The maximum absolute atomic E-state index is 5.69. The van der Waals surface area contributed by atoms with Crippen LogP contribution >= 0.6 is 15.9 Å². The van der Waals surface area contributed by atoms with Crippen LogP contribution in [-0.2, 0) is 0 Å². The summed E-state index contributed by atoms with van der Waals surface area (Å²) in [4.78, 5) is 10.6. The van der Waals surface area contributed by atoms with E-state index in [0.29, 0.717) is 12.5 Å². The number of hydrogen-bond donors (Lipinski definition) is 1. The third-order valence-corrected chi connectivity index (χ3v) is 3.67. The van der Waals surface area contributed by atoms with Crippen molar-refractivity contribution in [2.75, 3.05) is 32.1 Å². The van der Waals surface area contributed by atoms with E-state index in [4.69, 9.17) is 4.74 Å². The van der Waals surface area contributed by atoms with E-state index in [1.54, 1.807) is 0 Å². The van der Waals surface area contributed by atoms with Crippen LogP contribution in [0.4, 0.5) is 5.82 Å². The fourth-order valence-corrected chi connectivity index (χ4v) is 2.19. The molecule has 0 unspecified atom stereocenters. The van der Waals surface area contributed by atoms with E-state index in [0.717, 1.165) is 29.4 Å². The number of ether oxygens (including phenoxy) is 1. The standard InChI is InChI=1S/C12H19BrN4O/c1-3-14-11-10(13)12(16-8-15-11)18-7-6-17(2)9-4-5-9/h8-9H,3-7H2,1-2H3,(H,14,15,16). The van der Waals surface area contributed by atoms with Crippen LogP contribution in [0.3, 0.4) is 0 Å². The van der Waals surface area contributed by atoms with Gasteiger partial charge in [0.2, 0.25) is 5.88 Å². The average Bonchev–Trinajstić information content (AvgIpc) is 3.18. The van der Waals surface area contributed by atoms with E-state index in [1.165, 1.54) is 19.2 Å². The molecule has 5 nitrogen and oxygen atoms in total. The molecule has 100 valence electrons. The summed E-state index contributed by atoms with van der Waals surface area (Å²) in [6.45, 7) is 4.42. The SMILES string of the molecule is CCNc1ncnc(OCCN(C)C2CC2)c1Br. The van der Waals surface area contributed by atoms with Crippen LogP contribution in [-0.4, -0.2) is 47.7 Å². The van der Waals surface area contributed by atoms with Crippen molar-refractivity contribution in [2.24, 2.45) is 0 Å². The largest absolute Gasteiger partial charge is 0.475 e. The molecule has 0 atom stereocenters. The third kappa shape index (κ3) is 3.55. The molecule has 1 aliphatic carbocycles. The van der Waals surface area contributed by atoms with Crippen molar-refractivity contribution in [3.63, 3.8) is 0 Å². The Bertz CT molecular complexity index is 398. The summed E-state index contributed by atoms with van der Waals surface area (Å²) in [5.41, 5.74) is 0. The van der Waals surface area contributed by atoms with Crippen LogP contribution in [0.5, 0.6) is 5.88 Å². The van der Waals surface area contributed by atoms with E-state index in [9.17, 15) is 0 Å². The van der Waals surface area contributed by atoms with Gasteiger partial charge < -0.3 is 15.0 Å². The number of nitrogens with zero attached hydrogens (tertiary/aromatic N) is 3. The average molecular weight is 315 g/mol. The monoisotopic (exact) mass is 314 g/mol. The van der Waals surface area contributed by atoms with E-state index >= 15 is 0 Å². The molecule has 0 amide bonds. The van der Waals surface area contributed by atoms with Gasteiger partial charge in [0.25, 0.3) is 0 Å². The molecule has 0 saturated heterocycles. The van der Waals surface area contributed by atoms with Crippen molar-refractivity contribution in [2.45, 2.75) is 25.8 Å². The molecule has 0 bridgehead atoms. The normalized spacial score (nSPS) is 14.9. The Labute approximate surface area is 116 Å². The second-order valence-corrected chi connectivity index (χ2v) is 5.22.